The molecule has 6 atom stereocenters. The number of allylic oxidation sites excluding steroid dienone is 2. The summed E-state index contributed by atoms with van der Waals surface area (Å²) in [5, 5.41) is 3.15. The largest absolute Gasteiger partial charge is 0.352 e. The molecule has 5 rings (SSSR count). The monoisotopic (exact) mass is 452 g/mol. The maximum Gasteiger partial charge on any atom is 0.226 e. The summed E-state index contributed by atoms with van der Waals surface area (Å²) in [7, 11) is 1.96. The SMILES string of the molecule is CC1=C2N(C)C(=O)CC[C@]2(C)[C@@H]2CC[C@]3(C)C(C(=O)NCc4ccc(F)cc4)CC[C@H]3[C@@H]2C1. The quantitative estimate of drug-likeness (QED) is 0.664. The zero-order chi connectivity index (χ0) is 23.5. The van der Waals surface area contributed by atoms with E-state index in [2.05, 4.69) is 26.1 Å². The standard InChI is InChI=1S/C28H37FN2O2/c1-17-15-20-21-9-10-23(26(33)30-16-18-5-7-19(29)8-6-18)27(21,2)13-11-22(20)28(3)14-12-24(32)31(4)25(17)28/h5-8,20-23H,9-16H2,1-4H3,(H,30,33)/t20-,21-,22+,23?,27-,28+/m0/s1. The number of carbonyl (C=O) groups is 2. The fraction of sp³-hybridized carbons (Fsp3) is 0.643. The molecule has 1 aromatic rings. The number of nitrogens with zero attached hydrogens (tertiary/aromatic N) is 1. The Morgan fingerprint density at radius 1 is 1.12 bits per heavy atom. The molecule has 2 amide bonds. The van der Waals surface area contributed by atoms with Crippen LogP contribution in [0.1, 0.15) is 71.3 Å². The van der Waals surface area contributed by atoms with Crippen molar-refractivity contribution >= 4 is 11.8 Å². The lowest BCUT2D eigenvalue weighted by molar-refractivity contribution is -0.138. The van der Waals surface area contributed by atoms with Gasteiger partial charge in [-0.05, 0) is 86.3 Å². The van der Waals surface area contributed by atoms with E-state index < -0.39 is 0 Å². The summed E-state index contributed by atoms with van der Waals surface area (Å²) < 4.78 is 13.2. The summed E-state index contributed by atoms with van der Waals surface area (Å²) in [6.45, 7) is 7.44. The van der Waals surface area contributed by atoms with Crippen molar-refractivity contribution in [3.63, 3.8) is 0 Å². The Kier molecular flexibility index (Phi) is 5.45. The van der Waals surface area contributed by atoms with Crippen molar-refractivity contribution in [2.75, 3.05) is 7.05 Å². The van der Waals surface area contributed by atoms with Crippen molar-refractivity contribution in [2.24, 2.45) is 34.5 Å². The van der Waals surface area contributed by atoms with Crippen molar-refractivity contribution < 1.29 is 14.0 Å². The molecule has 0 aromatic heterocycles. The second-order valence-electron chi connectivity index (χ2n) is 11.6. The topological polar surface area (TPSA) is 49.4 Å². The Hall–Kier alpha value is -2.17. The van der Waals surface area contributed by atoms with Gasteiger partial charge in [0.25, 0.3) is 0 Å². The van der Waals surface area contributed by atoms with Crippen LogP contribution in [-0.2, 0) is 16.1 Å². The zero-order valence-electron chi connectivity index (χ0n) is 20.4. The maximum atomic E-state index is 13.3. The second kappa shape index (κ2) is 7.95. The first-order valence-electron chi connectivity index (χ1n) is 12.6. The number of amides is 2. The summed E-state index contributed by atoms with van der Waals surface area (Å²) in [5.74, 6) is 1.92. The van der Waals surface area contributed by atoms with Gasteiger partial charge >= 0.3 is 0 Å². The molecule has 178 valence electrons. The van der Waals surface area contributed by atoms with Crippen LogP contribution in [0, 0.1) is 40.3 Å². The van der Waals surface area contributed by atoms with E-state index in [0.717, 1.165) is 44.1 Å². The molecule has 4 nitrogen and oxygen atoms in total. The first-order chi connectivity index (χ1) is 15.6. The molecule has 1 saturated heterocycles. The molecule has 4 aliphatic rings. The normalized spacial score (nSPS) is 38.0. The summed E-state index contributed by atoms with van der Waals surface area (Å²) in [4.78, 5) is 27.7. The van der Waals surface area contributed by atoms with Crippen molar-refractivity contribution in [3.05, 3.63) is 46.9 Å². The first kappa shape index (κ1) is 22.6. The van der Waals surface area contributed by atoms with Crippen LogP contribution in [0.25, 0.3) is 0 Å². The van der Waals surface area contributed by atoms with E-state index in [1.54, 1.807) is 12.1 Å². The van der Waals surface area contributed by atoms with Crippen LogP contribution in [-0.4, -0.2) is 23.8 Å². The van der Waals surface area contributed by atoms with Gasteiger partial charge < -0.3 is 10.2 Å². The minimum absolute atomic E-state index is 0.0264. The number of nitrogens with one attached hydrogen (secondary N) is 1. The number of hydrogen-bond acceptors (Lipinski definition) is 2. The highest BCUT2D eigenvalue weighted by Gasteiger charge is 2.61. The third-order valence-corrected chi connectivity index (χ3v) is 10.0. The number of fused-ring (bicyclic) bond motifs is 5. The second-order valence-corrected chi connectivity index (χ2v) is 11.6. The highest BCUT2D eigenvalue weighted by atomic mass is 19.1. The Morgan fingerprint density at radius 2 is 1.85 bits per heavy atom. The smallest absolute Gasteiger partial charge is 0.226 e. The van der Waals surface area contributed by atoms with Crippen molar-refractivity contribution in [1.82, 2.24) is 10.2 Å². The van der Waals surface area contributed by atoms with Gasteiger partial charge in [-0.1, -0.05) is 31.6 Å². The summed E-state index contributed by atoms with van der Waals surface area (Å²) in [5.41, 5.74) is 3.69. The minimum Gasteiger partial charge on any atom is -0.352 e. The fourth-order valence-electron chi connectivity index (χ4n) is 8.45. The van der Waals surface area contributed by atoms with Crippen LogP contribution in [0.2, 0.25) is 0 Å². The van der Waals surface area contributed by atoms with E-state index >= 15 is 0 Å². The van der Waals surface area contributed by atoms with E-state index in [1.165, 1.54) is 23.4 Å². The molecular formula is C28H37FN2O2. The minimum atomic E-state index is -0.254. The predicted octanol–water partition coefficient (Wildman–Crippen LogP) is 5.44. The van der Waals surface area contributed by atoms with Gasteiger partial charge in [0.05, 0.1) is 0 Å². The fourth-order valence-corrected chi connectivity index (χ4v) is 8.45. The van der Waals surface area contributed by atoms with Crippen LogP contribution in [0.3, 0.4) is 0 Å². The number of likely N-dealkylation sites (tertiary alicyclic amines) is 1. The molecule has 0 bridgehead atoms. The number of carbonyl (C=O) groups excluding carboxylic acids is 2. The van der Waals surface area contributed by atoms with Gasteiger partial charge in [0.15, 0.2) is 0 Å². The maximum absolute atomic E-state index is 13.3. The van der Waals surface area contributed by atoms with Gasteiger partial charge in [-0.25, -0.2) is 4.39 Å². The molecule has 1 unspecified atom stereocenters. The molecule has 1 aromatic carbocycles. The van der Waals surface area contributed by atoms with Crippen molar-refractivity contribution in [1.29, 1.82) is 0 Å². The average Bonchev–Trinajstić information content (AvgIpc) is 3.13. The van der Waals surface area contributed by atoms with Crippen LogP contribution in [0.5, 0.6) is 0 Å². The van der Waals surface area contributed by atoms with Crippen LogP contribution in [0.4, 0.5) is 4.39 Å². The summed E-state index contributed by atoms with van der Waals surface area (Å²) in [6.07, 6.45) is 6.92. The summed E-state index contributed by atoms with van der Waals surface area (Å²) >= 11 is 0. The van der Waals surface area contributed by atoms with Crippen LogP contribution in [0.15, 0.2) is 35.5 Å². The van der Waals surface area contributed by atoms with E-state index in [0.29, 0.717) is 30.7 Å². The molecule has 1 N–H and O–H groups in total. The van der Waals surface area contributed by atoms with Gasteiger partial charge in [0.1, 0.15) is 5.82 Å². The Balaban J connectivity index is 1.35. The molecule has 5 heteroatoms. The Labute approximate surface area is 197 Å². The van der Waals surface area contributed by atoms with E-state index in [9.17, 15) is 14.0 Å². The lowest BCUT2D eigenvalue weighted by Crippen LogP contribution is -2.55. The number of halogens is 1. The molecule has 3 fully saturated rings. The highest BCUT2D eigenvalue weighted by Crippen LogP contribution is 2.66. The van der Waals surface area contributed by atoms with Gasteiger partial charge in [-0.15, -0.1) is 0 Å². The zero-order valence-corrected chi connectivity index (χ0v) is 20.4. The molecule has 0 spiro atoms. The Bertz CT molecular complexity index is 1000. The molecular weight excluding hydrogens is 415 g/mol. The van der Waals surface area contributed by atoms with Gasteiger partial charge in [0.2, 0.25) is 11.8 Å². The molecule has 0 radical (unpaired) electrons. The van der Waals surface area contributed by atoms with Gasteiger partial charge in [0, 0.05) is 37.0 Å². The van der Waals surface area contributed by atoms with E-state index in [1.807, 2.05) is 11.9 Å². The first-order valence-corrected chi connectivity index (χ1v) is 12.6. The van der Waals surface area contributed by atoms with Gasteiger partial charge in [-0.3, -0.25) is 9.59 Å². The lowest BCUT2D eigenvalue weighted by atomic mass is 9.48. The van der Waals surface area contributed by atoms with Crippen molar-refractivity contribution in [2.45, 2.75) is 72.3 Å². The molecule has 1 heterocycles. The Morgan fingerprint density at radius 3 is 2.58 bits per heavy atom. The third-order valence-electron chi connectivity index (χ3n) is 10.0. The van der Waals surface area contributed by atoms with Crippen LogP contribution < -0.4 is 5.32 Å². The van der Waals surface area contributed by atoms with E-state index in [-0.39, 0.29) is 34.4 Å². The van der Waals surface area contributed by atoms with Gasteiger partial charge in [-0.2, -0.15) is 0 Å². The summed E-state index contributed by atoms with van der Waals surface area (Å²) in [6, 6.07) is 6.36. The number of benzene rings is 1. The lowest BCUT2D eigenvalue weighted by Gasteiger charge is -2.59. The predicted molar refractivity (Wildman–Crippen MR) is 126 cm³/mol. The number of rotatable bonds is 3. The average molecular weight is 453 g/mol. The third kappa shape index (κ3) is 3.45. The van der Waals surface area contributed by atoms with E-state index in [4.69, 9.17) is 0 Å². The van der Waals surface area contributed by atoms with Crippen LogP contribution >= 0.6 is 0 Å². The number of piperidine rings is 1. The number of hydrogen-bond donors (Lipinski definition) is 1. The highest BCUT2D eigenvalue weighted by molar-refractivity contribution is 5.80. The molecule has 3 aliphatic carbocycles. The molecule has 1 aliphatic heterocycles. The van der Waals surface area contributed by atoms with Crippen molar-refractivity contribution in [3.8, 4) is 0 Å². The molecule has 2 saturated carbocycles. The molecule has 33 heavy (non-hydrogen) atoms.